The summed E-state index contributed by atoms with van der Waals surface area (Å²) in [6, 6.07) is 4.93. The van der Waals surface area contributed by atoms with Crippen molar-refractivity contribution in [3.8, 4) is 12.3 Å². The maximum atomic E-state index is 12.6. The number of thioether (sulfide) groups is 1. The topological polar surface area (TPSA) is 64.0 Å². The van der Waals surface area contributed by atoms with E-state index in [1.54, 1.807) is 24.3 Å². The minimum Gasteiger partial charge on any atom is -0.344 e. The Morgan fingerprint density at radius 1 is 1.57 bits per heavy atom. The number of benzene rings is 1. The summed E-state index contributed by atoms with van der Waals surface area (Å²) in [4.78, 5) is 28.7. The van der Waals surface area contributed by atoms with Crippen molar-refractivity contribution in [2.24, 2.45) is 0 Å². The molecule has 1 aromatic carbocycles. The molecule has 0 fully saturated rings. The number of nitrogens with zero attached hydrogens (tertiary/aromatic N) is 2. The van der Waals surface area contributed by atoms with Gasteiger partial charge in [-0.05, 0) is 18.2 Å². The number of hydrogen-bond donors (Lipinski definition) is 1. The van der Waals surface area contributed by atoms with Crippen LogP contribution in [0.1, 0.15) is 0 Å². The Morgan fingerprint density at radius 3 is 3.04 bits per heavy atom. The molecule has 0 spiro atoms. The summed E-state index contributed by atoms with van der Waals surface area (Å²) in [6.07, 6.45) is 6.69. The number of carbonyl (C=O) groups is 1. The van der Waals surface area contributed by atoms with Crippen LogP contribution in [0.2, 0.25) is 5.02 Å². The van der Waals surface area contributed by atoms with Crippen molar-refractivity contribution >= 4 is 40.2 Å². The summed E-state index contributed by atoms with van der Waals surface area (Å²) in [6.45, 7) is 4.11. The summed E-state index contributed by atoms with van der Waals surface area (Å²) in [5.74, 6) is 2.23. The van der Waals surface area contributed by atoms with Crippen LogP contribution in [0.3, 0.4) is 0 Å². The molecule has 0 aliphatic heterocycles. The molecule has 0 unspecified atom stereocenters. The molecule has 2 aromatic rings. The molecule has 0 aliphatic rings. The molecule has 1 aromatic heterocycles. The van der Waals surface area contributed by atoms with E-state index in [4.69, 9.17) is 18.0 Å². The van der Waals surface area contributed by atoms with Gasteiger partial charge in [0.05, 0.1) is 23.2 Å². The first kappa shape index (κ1) is 17.1. The Morgan fingerprint density at radius 2 is 2.35 bits per heavy atom. The van der Waals surface area contributed by atoms with Crippen LogP contribution in [0.4, 0.5) is 0 Å². The van der Waals surface area contributed by atoms with Gasteiger partial charge in [-0.2, -0.15) is 0 Å². The maximum absolute atomic E-state index is 12.6. The SMILES string of the molecule is C#CCNC(=O)CSc1nc2ccc(Cl)cc2c(=O)n1CC=C. The molecule has 118 valence electrons. The highest BCUT2D eigenvalue weighted by atomic mass is 35.5. The Bertz CT molecular complexity index is 855. The van der Waals surface area contributed by atoms with E-state index in [2.05, 4.69) is 22.8 Å². The minimum atomic E-state index is -0.219. The van der Waals surface area contributed by atoms with Crippen molar-refractivity contribution in [3.05, 3.63) is 46.2 Å². The molecule has 0 aliphatic carbocycles. The van der Waals surface area contributed by atoms with E-state index in [1.807, 2.05) is 0 Å². The zero-order valence-electron chi connectivity index (χ0n) is 12.2. The number of nitrogens with one attached hydrogen (secondary N) is 1. The Balaban J connectivity index is 2.38. The monoisotopic (exact) mass is 347 g/mol. The van der Waals surface area contributed by atoms with Gasteiger partial charge < -0.3 is 5.32 Å². The van der Waals surface area contributed by atoms with E-state index in [9.17, 15) is 9.59 Å². The molecular formula is C16H14ClN3O2S. The molecular weight excluding hydrogens is 334 g/mol. The van der Waals surface area contributed by atoms with Gasteiger partial charge in [0.25, 0.3) is 5.56 Å². The van der Waals surface area contributed by atoms with Crippen LogP contribution in [0.25, 0.3) is 10.9 Å². The molecule has 23 heavy (non-hydrogen) atoms. The molecule has 0 bridgehead atoms. The predicted molar refractivity (Wildman–Crippen MR) is 93.8 cm³/mol. The molecule has 5 nitrogen and oxygen atoms in total. The normalized spacial score (nSPS) is 10.3. The molecule has 7 heteroatoms. The van der Waals surface area contributed by atoms with Crippen LogP contribution < -0.4 is 10.9 Å². The van der Waals surface area contributed by atoms with Gasteiger partial charge in [0.15, 0.2) is 5.16 Å². The van der Waals surface area contributed by atoms with E-state index in [0.717, 1.165) is 0 Å². The van der Waals surface area contributed by atoms with Crippen LogP contribution in [0, 0.1) is 12.3 Å². The van der Waals surface area contributed by atoms with Gasteiger partial charge in [-0.3, -0.25) is 14.2 Å². The van der Waals surface area contributed by atoms with Crippen molar-refractivity contribution in [3.63, 3.8) is 0 Å². The number of halogens is 1. The smallest absolute Gasteiger partial charge is 0.262 e. The summed E-state index contributed by atoms with van der Waals surface area (Å²) >= 11 is 7.11. The number of hydrogen-bond acceptors (Lipinski definition) is 4. The van der Waals surface area contributed by atoms with Gasteiger partial charge in [0.1, 0.15) is 0 Å². The van der Waals surface area contributed by atoms with Crippen molar-refractivity contribution < 1.29 is 4.79 Å². The number of fused-ring (bicyclic) bond motifs is 1. The van der Waals surface area contributed by atoms with Crippen LogP contribution >= 0.6 is 23.4 Å². The number of terminal acetylenes is 1. The average Bonchev–Trinajstić information content (AvgIpc) is 2.54. The average molecular weight is 348 g/mol. The van der Waals surface area contributed by atoms with Crippen LogP contribution in [-0.4, -0.2) is 27.8 Å². The molecule has 1 N–H and O–H groups in total. The second kappa shape index (κ2) is 7.86. The zero-order chi connectivity index (χ0) is 16.8. The van der Waals surface area contributed by atoms with E-state index in [0.29, 0.717) is 27.6 Å². The van der Waals surface area contributed by atoms with Crippen LogP contribution in [0.5, 0.6) is 0 Å². The van der Waals surface area contributed by atoms with E-state index in [1.165, 1.54) is 16.3 Å². The fourth-order valence-corrected chi connectivity index (χ4v) is 2.91. The number of rotatable bonds is 6. The molecule has 0 atom stereocenters. The van der Waals surface area contributed by atoms with Gasteiger partial charge in [-0.15, -0.1) is 13.0 Å². The fraction of sp³-hybridized carbons (Fsp3) is 0.188. The summed E-state index contributed by atoms with van der Waals surface area (Å²) in [5, 5.41) is 3.91. The first-order valence-corrected chi connectivity index (χ1v) is 8.07. The summed E-state index contributed by atoms with van der Waals surface area (Å²) in [7, 11) is 0. The third-order valence-electron chi connectivity index (χ3n) is 2.91. The van der Waals surface area contributed by atoms with Crippen molar-refractivity contribution in [2.75, 3.05) is 12.3 Å². The lowest BCUT2D eigenvalue weighted by molar-refractivity contribution is -0.118. The third kappa shape index (κ3) is 4.15. The minimum absolute atomic E-state index is 0.115. The third-order valence-corrected chi connectivity index (χ3v) is 4.12. The first-order chi connectivity index (χ1) is 11.1. The number of amides is 1. The first-order valence-electron chi connectivity index (χ1n) is 6.70. The molecule has 2 rings (SSSR count). The Kier molecular flexibility index (Phi) is 5.85. The van der Waals surface area contributed by atoms with E-state index < -0.39 is 0 Å². The Hall–Kier alpha value is -2.23. The lowest BCUT2D eigenvalue weighted by Crippen LogP contribution is -2.27. The summed E-state index contributed by atoms with van der Waals surface area (Å²) in [5.41, 5.74) is 0.315. The van der Waals surface area contributed by atoms with Gasteiger partial charge in [-0.25, -0.2) is 4.98 Å². The predicted octanol–water partition coefficient (Wildman–Crippen LogP) is 2.08. The van der Waals surface area contributed by atoms with Crippen molar-refractivity contribution in [1.29, 1.82) is 0 Å². The van der Waals surface area contributed by atoms with E-state index in [-0.39, 0.29) is 23.8 Å². The molecule has 0 radical (unpaired) electrons. The largest absolute Gasteiger partial charge is 0.344 e. The fourth-order valence-electron chi connectivity index (χ4n) is 1.90. The van der Waals surface area contributed by atoms with Crippen molar-refractivity contribution in [1.82, 2.24) is 14.9 Å². The van der Waals surface area contributed by atoms with Gasteiger partial charge in [0, 0.05) is 11.6 Å². The van der Waals surface area contributed by atoms with Gasteiger partial charge >= 0.3 is 0 Å². The molecule has 1 amide bonds. The number of carbonyl (C=O) groups excluding carboxylic acids is 1. The van der Waals surface area contributed by atoms with Gasteiger partial charge in [0.2, 0.25) is 5.91 Å². The summed E-state index contributed by atoms with van der Waals surface area (Å²) < 4.78 is 1.46. The molecule has 0 saturated carbocycles. The van der Waals surface area contributed by atoms with Crippen molar-refractivity contribution in [2.45, 2.75) is 11.7 Å². The highest BCUT2D eigenvalue weighted by Crippen LogP contribution is 2.20. The Labute approximate surface area is 142 Å². The molecule has 0 saturated heterocycles. The lowest BCUT2D eigenvalue weighted by atomic mass is 10.2. The van der Waals surface area contributed by atoms with E-state index >= 15 is 0 Å². The maximum Gasteiger partial charge on any atom is 0.262 e. The molecule has 1 heterocycles. The lowest BCUT2D eigenvalue weighted by Gasteiger charge is -2.11. The quantitative estimate of drug-likeness (QED) is 0.376. The van der Waals surface area contributed by atoms with Crippen LogP contribution in [0.15, 0.2) is 40.8 Å². The highest BCUT2D eigenvalue weighted by Gasteiger charge is 2.12. The second-order valence-electron chi connectivity index (χ2n) is 4.53. The zero-order valence-corrected chi connectivity index (χ0v) is 13.8. The highest BCUT2D eigenvalue weighted by molar-refractivity contribution is 7.99. The number of allylic oxidation sites excluding steroid dienone is 1. The van der Waals surface area contributed by atoms with Gasteiger partial charge in [-0.1, -0.05) is 35.4 Å². The standard InChI is InChI=1S/C16H14ClN3O2S/c1-3-7-18-14(21)10-23-16-19-13-6-5-11(17)9-12(13)15(22)20(16)8-4-2/h1,4-6,9H,2,7-8,10H2,(H,18,21). The number of aromatic nitrogens is 2. The second-order valence-corrected chi connectivity index (χ2v) is 5.91. The van der Waals surface area contributed by atoms with Crippen LogP contribution in [-0.2, 0) is 11.3 Å².